The van der Waals surface area contributed by atoms with Crippen LogP contribution >= 0.6 is 0 Å². The minimum Gasteiger partial charge on any atom is -0.388 e. The van der Waals surface area contributed by atoms with Crippen molar-refractivity contribution in [2.24, 2.45) is 17.3 Å². The second kappa shape index (κ2) is 4.75. The van der Waals surface area contributed by atoms with E-state index >= 15 is 0 Å². The largest absolute Gasteiger partial charge is 0.388 e. The van der Waals surface area contributed by atoms with Crippen LogP contribution in [0.4, 0.5) is 0 Å². The fourth-order valence-corrected chi connectivity index (χ4v) is 6.05. The van der Waals surface area contributed by atoms with Crippen LogP contribution in [-0.2, 0) is 9.84 Å². The first-order chi connectivity index (χ1) is 8.76. The van der Waals surface area contributed by atoms with Crippen molar-refractivity contribution in [2.45, 2.75) is 51.6 Å². The maximum Gasteiger partial charge on any atom is 0.152 e. The number of rotatable bonds is 2. The van der Waals surface area contributed by atoms with E-state index in [4.69, 9.17) is 0 Å². The molecule has 0 bridgehead atoms. The van der Waals surface area contributed by atoms with E-state index in [2.05, 4.69) is 19.9 Å². The van der Waals surface area contributed by atoms with Crippen LogP contribution in [0.3, 0.4) is 0 Å². The summed E-state index contributed by atoms with van der Waals surface area (Å²) in [5, 5.41) is 20.8. The summed E-state index contributed by atoms with van der Waals surface area (Å²) < 4.78 is 23.6. The van der Waals surface area contributed by atoms with Gasteiger partial charge < -0.3 is 5.11 Å². The summed E-state index contributed by atoms with van der Waals surface area (Å²) in [6, 6.07) is 2.20. The van der Waals surface area contributed by atoms with Crippen LogP contribution in [0, 0.1) is 28.6 Å². The smallest absolute Gasteiger partial charge is 0.152 e. The highest BCUT2D eigenvalue weighted by Crippen LogP contribution is 2.53. The van der Waals surface area contributed by atoms with Crippen LogP contribution in [-0.4, -0.2) is 30.6 Å². The van der Waals surface area contributed by atoms with Gasteiger partial charge in [0.05, 0.1) is 23.2 Å². The lowest BCUT2D eigenvalue weighted by atomic mass is 9.58. The van der Waals surface area contributed by atoms with Crippen LogP contribution < -0.4 is 0 Å². The molecule has 3 unspecified atom stereocenters. The molecule has 1 heterocycles. The molecule has 1 saturated carbocycles. The molecule has 0 aromatic heterocycles. The van der Waals surface area contributed by atoms with Crippen molar-refractivity contribution in [3.63, 3.8) is 0 Å². The predicted molar refractivity (Wildman–Crippen MR) is 73.1 cm³/mol. The molecule has 1 N–H and O–H groups in total. The molecule has 0 aromatic rings. The highest BCUT2D eigenvalue weighted by Gasteiger charge is 2.60. The van der Waals surface area contributed by atoms with Gasteiger partial charge in [-0.25, -0.2) is 8.42 Å². The lowest BCUT2D eigenvalue weighted by Gasteiger charge is -2.49. The molecule has 2 rings (SSSR count). The van der Waals surface area contributed by atoms with Gasteiger partial charge in [-0.15, -0.1) is 0 Å². The minimum atomic E-state index is -3.19. The summed E-state index contributed by atoms with van der Waals surface area (Å²) in [6.45, 7) is 4.10. The fraction of sp³-hybridized carbons (Fsp3) is 0.929. The number of hydrogen-bond acceptors (Lipinski definition) is 4. The van der Waals surface area contributed by atoms with Gasteiger partial charge in [0, 0.05) is 0 Å². The Morgan fingerprint density at radius 3 is 2.47 bits per heavy atom. The van der Waals surface area contributed by atoms with Crippen LogP contribution in [0.1, 0.15) is 46.0 Å². The first kappa shape index (κ1) is 14.8. The summed E-state index contributed by atoms with van der Waals surface area (Å²) in [5.74, 6) is 0.150. The van der Waals surface area contributed by atoms with E-state index < -0.39 is 20.9 Å². The lowest BCUT2D eigenvalue weighted by Crippen LogP contribution is -2.56. The molecule has 0 aromatic carbocycles. The lowest BCUT2D eigenvalue weighted by molar-refractivity contribution is -0.129. The van der Waals surface area contributed by atoms with Gasteiger partial charge in [0.15, 0.2) is 9.84 Å². The Morgan fingerprint density at radius 1 is 1.32 bits per heavy atom. The zero-order chi connectivity index (χ0) is 14.3. The Balaban J connectivity index is 2.43. The average molecular weight is 285 g/mol. The van der Waals surface area contributed by atoms with Crippen molar-refractivity contribution in [3.05, 3.63) is 0 Å². The standard InChI is InChI=1S/C14H23NO3S/c1-11(2)12-5-3-4-6-14(12,16)13(9-15)7-8-19(17,18)10-13/h11-12,16H,3-8,10H2,1-2H3. The van der Waals surface area contributed by atoms with E-state index in [1.807, 2.05) is 0 Å². The van der Waals surface area contributed by atoms with E-state index in [0.717, 1.165) is 19.3 Å². The van der Waals surface area contributed by atoms with Crippen molar-refractivity contribution in [2.75, 3.05) is 11.5 Å². The summed E-state index contributed by atoms with van der Waals surface area (Å²) in [7, 11) is -3.19. The van der Waals surface area contributed by atoms with E-state index in [1.54, 1.807) is 0 Å². The highest BCUT2D eigenvalue weighted by atomic mass is 32.2. The molecule has 5 heteroatoms. The molecule has 0 amide bonds. The predicted octanol–water partition coefficient (Wildman–Crippen LogP) is 1.89. The molecule has 19 heavy (non-hydrogen) atoms. The van der Waals surface area contributed by atoms with Gasteiger partial charge in [0.2, 0.25) is 0 Å². The van der Waals surface area contributed by atoms with Gasteiger partial charge in [-0.3, -0.25) is 0 Å². The number of nitrogens with zero attached hydrogens (tertiary/aromatic N) is 1. The van der Waals surface area contributed by atoms with Crippen molar-refractivity contribution in [1.29, 1.82) is 5.26 Å². The number of nitriles is 1. The van der Waals surface area contributed by atoms with Crippen LogP contribution in [0.2, 0.25) is 0 Å². The molecule has 3 atom stereocenters. The summed E-state index contributed by atoms with van der Waals surface area (Å²) >= 11 is 0. The van der Waals surface area contributed by atoms with Crippen LogP contribution in [0.5, 0.6) is 0 Å². The first-order valence-corrected chi connectivity index (χ1v) is 8.92. The normalized spacial score (nSPS) is 42.2. The Hall–Kier alpha value is -0.600. The quantitative estimate of drug-likeness (QED) is 0.840. The van der Waals surface area contributed by atoms with Crippen LogP contribution in [0.15, 0.2) is 0 Å². The third kappa shape index (κ3) is 2.30. The summed E-state index contributed by atoms with van der Waals surface area (Å²) in [5.41, 5.74) is -2.24. The van der Waals surface area contributed by atoms with E-state index in [-0.39, 0.29) is 29.8 Å². The van der Waals surface area contributed by atoms with Gasteiger partial charge in [-0.1, -0.05) is 26.7 Å². The minimum absolute atomic E-state index is 0.0224. The Kier molecular flexibility index (Phi) is 3.70. The maximum absolute atomic E-state index is 11.8. The molecule has 4 nitrogen and oxygen atoms in total. The molecule has 0 radical (unpaired) electrons. The van der Waals surface area contributed by atoms with Crippen molar-refractivity contribution >= 4 is 9.84 Å². The molecular weight excluding hydrogens is 262 g/mol. The van der Waals surface area contributed by atoms with Crippen molar-refractivity contribution in [3.8, 4) is 6.07 Å². The number of hydrogen-bond donors (Lipinski definition) is 1. The topological polar surface area (TPSA) is 78.2 Å². The molecule has 0 spiro atoms. The maximum atomic E-state index is 11.8. The Bertz CT molecular complexity index is 493. The summed E-state index contributed by atoms with van der Waals surface area (Å²) in [4.78, 5) is 0. The zero-order valence-corrected chi connectivity index (χ0v) is 12.5. The van der Waals surface area contributed by atoms with Crippen molar-refractivity contribution in [1.82, 2.24) is 0 Å². The van der Waals surface area contributed by atoms with Gasteiger partial charge in [0.1, 0.15) is 5.41 Å². The summed E-state index contributed by atoms with van der Waals surface area (Å²) in [6.07, 6.45) is 3.66. The van der Waals surface area contributed by atoms with E-state index in [1.165, 1.54) is 0 Å². The third-order valence-corrected chi connectivity index (χ3v) is 6.85. The van der Waals surface area contributed by atoms with Gasteiger partial charge in [-0.2, -0.15) is 5.26 Å². The number of aliphatic hydroxyl groups is 1. The van der Waals surface area contributed by atoms with E-state index in [0.29, 0.717) is 6.42 Å². The highest BCUT2D eigenvalue weighted by molar-refractivity contribution is 7.91. The second-order valence-electron chi connectivity index (χ2n) is 6.56. The average Bonchev–Trinajstić information content (AvgIpc) is 2.67. The van der Waals surface area contributed by atoms with Gasteiger partial charge in [-0.05, 0) is 31.1 Å². The Morgan fingerprint density at radius 2 is 2.00 bits per heavy atom. The molecule has 1 aliphatic carbocycles. The molecule has 2 fully saturated rings. The van der Waals surface area contributed by atoms with Crippen molar-refractivity contribution < 1.29 is 13.5 Å². The van der Waals surface area contributed by atoms with E-state index in [9.17, 15) is 18.8 Å². The van der Waals surface area contributed by atoms with Crippen LogP contribution in [0.25, 0.3) is 0 Å². The molecular formula is C14H23NO3S. The molecule has 1 saturated heterocycles. The first-order valence-electron chi connectivity index (χ1n) is 7.10. The van der Waals surface area contributed by atoms with Gasteiger partial charge in [0.25, 0.3) is 0 Å². The zero-order valence-electron chi connectivity index (χ0n) is 11.7. The molecule has 108 valence electrons. The fourth-order valence-electron chi connectivity index (χ4n) is 4.04. The monoisotopic (exact) mass is 285 g/mol. The SMILES string of the molecule is CC(C)C1CCCCC1(O)C1(C#N)CCS(=O)(=O)C1. The molecule has 2 aliphatic rings. The molecule has 1 aliphatic heterocycles. The second-order valence-corrected chi connectivity index (χ2v) is 8.74. The third-order valence-electron chi connectivity index (χ3n) is 5.09. The van der Waals surface area contributed by atoms with Gasteiger partial charge >= 0.3 is 0 Å². The Labute approximate surface area is 115 Å². The number of sulfone groups is 1.